The van der Waals surface area contributed by atoms with Crippen LogP contribution in [0.1, 0.15) is 49.7 Å². The monoisotopic (exact) mass is 338 g/mol. The Morgan fingerprint density at radius 2 is 2.08 bits per heavy atom. The molecule has 1 saturated heterocycles. The molecule has 132 valence electrons. The second kappa shape index (κ2) is 8.32. The van der Waals surface area contributed by atoms with Gasteiger partial charge >= 0.3 is 5.97 Å². The number of aromatic nitrogens is 1. The molecule has 0 saturated carbocycles. The third-order valence-electron chi connectivity index (χ3n) is 4.00. The number of pyridine rings is 1. The van der Waals surface area contributed by atoms with Crippen molar-refractivity contribution in [1.82, 2.24) is 0 Å². The number of nitrogens with zero attached hydrogens (tertiary/aromatic N) is 1. The third kappa shape index (κ3) is 4.37. The highest BCUT2D eigenvalue weighted by molar-refractivity contribution is 5.93. The Hall–Kier alpha value is -1.83. The number of aliphatic hydroxyl groups excluding tert-OH is 2. The van der Waals surface area contributed by atoms with Crippen molar-refractivity contribution in [2.75, 3.05) is 6.61 Å². The van der Waals surface area contributed by atoms with Gasteiger partial charge in [0.15, 0.2) is 24.3 Å². The molecule has 7 nitrogen and oxygen atoms in total. The maximum Gasteiger partial charge on any atom is 0.305 e. The lowest BCUT2D eigenvalue weighted by molar-refractivity contribution is -0.765. The van der Waals surface area contributed by atoms with Gasteiger partial charge in [0.25, 0.3) is 6.23 Å². The number of rotatable bonds is 7. The molecule has 1 aromatic heterocycles. The molecule has 1 aliphatic rings. The number of hydrogen-bond donors (Lipinski definition) is 2. The minimum Gasteiger partial charge on any atom is -0.463 e. The molecule has 1 fully saturated rings. The first-order valence-electron chi connectivity index (χ1n) is 8.13. The van der Waals surface area contributed by atoms with Crippen LogP contribution in [0.15, 0.2) is 24.5 Å². The predicted molar refractivity (Wildman–Crippen MR) is 83.0 cm³/mol. The number of ketones is 1. The Balaban J connectivity index is 2.00. The maximum atomic E-state index is 11.6. The van der Waals surface area contributed by atoms with E-state index < -0.39 is 24.5 Å². The van der Waals surface area contributed by atoms with Gasteiger partial charge in [-0.15, -0.1) is 0 Å². The van der Waals surface area contributed by atoms with Gasteiger partial charge in [0.1, 0.15) is 18.8 Å². The Morgan fingerprint density at radius 1 is 1.33 bits per heavy atom. The van der Waals surface area contributed by atoms with Crippen LogP contribution in [0.3, 0.4) is 0 Å². The summed E-state index contributed by atoms with van der Waals surface area (Å²) in [7, 11) is 0. The summed E-state index contributed by atoms with van der Waals surface area (Å²) in [6.07, 6.45) is 1.12. The first-order valence-corrected chi connectivity index (χ1v) is 8.13. The molecule has 2 rings (SSSR count). The van der Waals surface area contributed by atoms with Crippen molar-refractivity contribution in [1.29, 1.82) is 0 Å². The average Bonchev–Trinajstić information content (AvgIpc) is 2.86. The van der Waals surface area contributed by atoms with E-state index in [1.165, 1.54) is 11.5 Å². The second-order valence-electron chi connectivity index (χ2n) is 5.93. The number of unbranched alkanes of at least 4 members (excludes halogenated alkanes) is 1. The first kappa shape index (κ1) is 18.5. The molecular weight excluding hydrogens is 314 g/mol. The Labute approximate surface area is 140 Å². The van der Waals surface area contributed by atoms with E-state index in [9.17, 15) is 19.8 Å². The van der Waals surface area contributed by atoms with E-state index in [0.717, 1.165) is 12.8 Å². The summed E-state index contributed by atoms with van der Waals surface area (Å²) in [5.74, 6) is -0.462. The lowest BCUT2D eigenvalue weighted by Crippen LogP contribution is -2.46. The molecule has 7 heteroatoms. The number of carbonyl (C=O) groups is 2. The molecule has 1 aliphatic heterocycles. The second-order valence-corrected chi connectivity index (χ2v) is 5.93. The Kier molecular flexibility index (Phi) is 6.42. The molecule has 2 heterocycles. The molecule has 0 aromatic carbocycles. The van der Waals surface area contributed by atoms with Crippen LogP contribution < -0.4 is 4.57 Å². The van der Waals surface area contributed by atoms with Crippen LogP contribution in [-0.2, 0) is 14.3 Å². The van der Waals surface area contributed by atoms with Crippen molar-refractivity contribution in [3.05, 3.63) is 30.1 Å². The van der Waals surface area contributed by atoms with Crippen LogP contribution in [0.5, 0.6) is 0 Å². The maximum absolute atomic E-state index is 11.6. The van der Waals surface area contributed by atoms with E-state index in [0.29, 0.717) is 12.0 Å². The standard InChI is InChI=1S/C17H24NO6/c1-3-4-7-14(20)23-10-13-15(21)16(22)17(24-13)18-8-5-6-12(9-18)11(2)19/h5-6,8-9,13,15-17,21-22H,3-4,7,10H2,1-2H3/q+1/t13-,15-,16-,17-/m1/s1. The van der Waals surface area contributed by atoms with Gasteiger partial charge in [-0.05, 0) is 19.4 Å². The summed E-state index contributed by atoms with van der Waals surface area (Å²) < 4.78 is 12.3. The van der Waals surface area contributed by atoms with Gasteiger partial charge < -0.3 is 19.7 Å². The number of carbonyl (C=O) groups excluding carboxylic acids is 2. The fourth-order valence-corrected chi connectivity index (χ4v) is 2.54. The molecular formula is C17H24NO6+. The zero-order valence-corrected chi connectivity index (χ0v) is 13.9. The summed E-state index contributed by atoms with van der Waals surface area (Å²) in [5.41, 5.74) is 0.470. The minimum absolute atomic E-state index is 0.112. The number of esters is 1. The van der Waals surface area contributed by atoms with E-state index in [4.69, 9.17) is 9.47 Å². The average molecular weight is 338 g/mol. The zero-order valence-electron chi connectivity index (χ0n) is 13.9. The molecule has 1 aromatic rings. The first-order chi connectivity index (χ1) is 11.4. The minimum atomic E-state index is -1.18. The largest absolute Gasteiger partial charge is 0.463 e. The van der Waals surface area contributed by atoms with Gasteiger partial charge in [0.2, 0.25) is 0 Å². The van der Waals surface area contributed by atoms with E-state index in [-0.39, 0.29) is 18.4 Å². The predicted octanol–water partition coefficient (Wildman–Crippen LogP) is 0.529. The van der Waals surface area contributed by atoms with Crippen LogP contribution in [0, 0.1) is 0 Å². The van der Waals surface area contributed by atoms with E-state index in [1.807, 2.05) is 6.92 Å². The molecule has 2 N–H and O–H groups in total. The Morgan fingerprint density at radius 3 is 2.75 bits per heavy atom. The van der Waals surface area contributed by atoms with E-state index in [1.54, 1.807) is 24.5 Å². The van der Waals surface area contributed by atoms with Crippen molar-refractivity contribution in [3.63, 3.8) is 0 Å². The van der Waals surface area contributed by atoms with Crippen LogP contribution in [0.2, 0.25) is 0 Å². The van der Waals surface area contributed by atoms with Crippen LogP contribution in [0.25, 0.3) is 0 Å². The smallest absolute Gasteiger partial charge is 0.305 e. The summed E-state index contributed by atoms with van der Waals surface area (Å²) in [6, 6.07) is 3.32. The summed E-state index contributed by atoms with van der Waals surface area (Å²) in [5, 5.41) is 20.3. The molecule has 0 unspecified atom stereocenters. The van der Waals surface area contributed by atoms with Crippen molar-refractivity contribution in [3.8, 4) is 0 Å². The van der Waals surface area contributed by atoms with Gasteiger partial charge in [0, 0.05) is 12.5 Å². The lowest BCUT2D eigenvalue weighted by Gasteiger charge is -2.13. The number of hydrogen-bond acceptors (Lipinski definition) is 6. The summed E-state index contributed by atoms with van der Waals surface area (Å²) in [4.78, 5) is 23.0. The van der Waals surface area contributed by atoms with Gasteiger partial charge in [-0.1, -0.05) is 13.3 Å². The molecule has 0 aliphatic carbocycles. The molecule has 24 heavy (non-hydrogen) atoms. The molecule has 0 spiro atoms. The van der Waals surface area contributed by atoms with Crippen molar-refractivity contribution < 1.29 is 33.8 Å². The van der Waals surface area contributed by atoms with E-state index in [2.05, 4.69) is 0 Å². The van der Waals surface area contributed by atoms with Crippen molar-refractivity contribution in [2.45, 2.75) is 57.6 Å². The quantitative estimate of drug-likeness (QED) is 0.428. The number of Topliss-reactive ketones (excluding diaryl/α,β-unsaturated/α-hetero) is 1. The van der Waals surface area contributed by atoms with Crippen LogP contribution >= 0.6 is 0 Å². The SMILES string of the molecule is CCCCC(=O)OC[C@H]1O[C@@H]([n+]2cccc(C(C)=O)c2)[C@H](O)[C@@H]1O. The van der Waals surface area contributed by atoms with Crippen LogP contribution in [-0.4, -0.2) is 46.9 Å². The zero-order chi connectivity index (χ0) is 17.7. The number of ether oxygens (including phenoxy) is 2. The number of aliphatic hydroxyl groups is 2. The molecule has 0 amide bonds. The summed E-state index contributed by atoms with van der Waals surface area (Å²) >= 11 is 0. The van der Waals surface area contributed by atoms with Gasteiger partial charge in [0.05, 0.1) is 5.56 Å². The third-order valence-corrected chi connectivity index (χ3v) is 4.00. The van der Waals surface area contributed by atoms with Gasteiger partial charge in [-0.2, -0.15) is 4.57 Å². The van der Waals surface area contributed by atoms with Crippen molar-refractivity contribution >= 4 is 11.8 Å². The van der Waals surface area contributed by atoms with Crippen LogP contribution in [0.4, 0.5) is 0 Å². The molecule has 4 atom stereocenters. The highest BCUT2D eigenvalue weighted by Crippen LogP contribution is 2.25. The normalized spacial score (nSPS) is 26.3. The highest BCUT2D eigenvalue weighted by Gasteiger charge is 2.48. The highest BCUT2D eigenvalue weighted by atomic mass is 16.6. The molecule has 0 radical (unpaired) electrons. The van der Waals surface area contributed by atoms with E-state index >= 15 is 0 Å². The van der Waals surface area contributed by atoms with Gasteiger partial charge in [-0.3, -0.25) is 9.59 Å². The fourth-order valence-electron chi connectivity index (χ4n) is 2.54. The Bertz CT molecular complexity index is 590. The topological polar surface area (TPSA) is 96.9 Å². The lowest BCUT2D eigenvalue weighted by atomic mass is 10.1. The molecule has 0 bridgehead atoms. The van der Waals surface area contributed by atoms with Gasteiger partial charge in [-0.25, -0.2) is 0 Å². The van der Waals surface area contributed by atoms with Crippen molar-refractivity contribution in [2.24, 2.45) is 0 Å². The fraction of sp³-hybridized carbons (Fsp3) is 0.588. The summed E-state index contributed by atoms with van der Waals surface area (Å²) in [6.45, 7) is 3.30.